The van der Waals surface area contributed by atoms with E-state index in [0.29, 0.717) is 0 Å². The van der Waals surface area contributed by atoms with Crippen molar-refractivity contribution in [1.82, 2.24) is 15.0 Å². The Balaban J connectivity index is 1.78. The van der Waals surface area contributed by atoms with E-state index in [0.717, 1.165) is 36.6 Å². The summed E-state index contributed by atoms with van der Waals surface area (Å²) in [6.45, 7) is 7.89. The number of rotatable bonds is 2. The zero-order chi connectivity index (χ0) is 12.0. The Labute approximate surface area is 104 Å². The van der Waals surface area contributed by atoms with Crippen molar-refractivity contribution >= 4 is 0 Å². The summed E-state index contributed by atoms with van der Waals surface area (Å²) in [7, 11) is 0. The Hall–Kier alpha value is -0.860. The minimum absolute atomic E-state index is 0.863. The maximum atomic E-state index is 4.37. The topological polar surface area (TPSA) is 30.7 Å². The van der Waals surface area contributed by atoms with Gasteiger partial charge in [-0.2, -0.15) is 0 Å². The fourth-order valence-corrected chi connectivity index (χ4v) is 3.97. The van der Waals surface area contributed by atoms with Gasteiger partial charge in [0.25, 0.3) is 0 Å². The molecule has 3 nitrogen and oxygen atoms in total. The normalized spacial score (nSPS) is 31.6. The number of aromatic nitrogens is 3. The second-order valence-corrected chi connectivity index (χ2v) is 6.03. The second-order valence-electron chi connectivity index (χ2n) is 6.03. The molecule has 2 unspecified atom stereocenters. The van der Waals surface area contributed by atoms with Gasteiger partial charge in [-0.3, -0.25) is 0 Å². The van der Waals surface area contributed by atoms with Crippen LogP contribution in [-0.4, -0.2) is 15.0 Å². The first kappa shape index (κ1) is 11.2. The largest absolute Gasteiger partial charge is 0.249 e. The van der Waals surface area contributed by atoms with Crippen LogP contribution in [0.3, 0.4) is 0 Å². The molecule has 1 heterocycles. The van der Waals surface area contributed by atoms with Gasteiger partial charge in [0.1, 0.15) is 0 Å². The fourth-order valence-electron chi connectivity index (χ4n) is 3.97. The molecule has 0 N–H and O–H groups in total. The average molecular weight is 233 g/mol. The number of hydrogen-bond donors (Lipinski definition) is 0. The summed E-state index contributed by atoms with van der Waals surface area (Å²) in [5.41, 5.74) is 2.69. The van der Waals surface area contributed by atoms with Gasteiger partial charge >= 0.3 is 0 Å². The Morgan fingerprint density at radius 2 is 1.94 bits per heavy atom. The Morgan fingerprint density at radius 3 is 2.59 bits per heavy atom. The first-order valence-electron chi connectivity index (χ1n) is 7.13. The molecular formula is C14H23N3. The van der Waals surface area contributed by atoms with Crippen LogP contribution in [-0.2, 0) is 19.4 Å². The molecule has 3 atom stereocenters. The average Bonchev–Trinajstić information content (AvgIpc) is 2.83. The Bertz CT molecular complexity index is 408. The monoisotopic (exact) mass is 233 g/mol. The SMILES string of the molecule is CCn1nnc2c1CCC1C(CC2)[C@H]1C(C)C. The summed E-state index contributed by atoms with van der Waals surface area (Å²) in [5, 5.41) is 8.63. The summed E-state index contributed by atoms with van der Waals surface area (Å²) in [6, 6.07) is 0. The van der Waals surface area contributed by atoms with E-state index in [9.17, 15) is 0 Å². The van der Waals surface area contributed by atoms with Gasteiger partial charge in [0.15, 0.2) is 0 Å². The predicted molar refractivity (Wildman–Crippen MR) is 67.6 cm³/mol. The minimum Gasteiger partial charge on any atom is -0.249 e. The van der Waals surface area contributed by atoms with Gasteiger partial charge in [0.2, 0.25) is 0 Å². The second kappa shape index (κ2) is 4.11. The van der Waals surface area contributed by atoms with E-state index < -0.39 is 0 Å². The lowest BCUT2D eigenvalue weighted by Gasteiger charge is -2.09. The van der Waals surface area contributed by atoms with E-state index in [1.165, 1.54) is 30.7 Å². The number of hydrogen-bond acceptors (Lipinski definition) is 2. The summed E-state index contributed by atoms with van der Waals surface area (Å²) >= 11 is 0. The molecule has 0 radical (unpaired) electrons. The minimum atomic E-state index is 0.863. The molecule has 94 valence electrons. The molecule has 0 amide bonds. The molecule has 2 aliphatic carbocycles. The van der Waals surface area contributed by atoms with E-state index >= 15 is 0 Å². The van der Waals surface area contributed by atoms with Crippen LogP contribution in [0.5, 0.6) is 0 Å². The number of nitrogens with zero attached hydrogens (tertiary/aromatic N) is 3. The van der Waals surface area contributed by atoms with Crippen LogP contribution in [0.2, 0.25) is 0 Å². The van der Waals surface area contributed by atoms with Gasteiger partial charge in [-0.05, 0) is 56.3 Å². The molecule has 1 fully saturated rings. The standard InChI is InChI=1S/C14H23N3/c1-4-17-13-8-6-11-10(14(11)9(2)3)5-7-12(13)15-16-17/h9-11,14H,4-8H2,1-3H3/t10?,11?,14-/m1/s1. The van der Waals surface area contributed by atoms with Crippen LogP contribution in [0.25, 0.3) is 0 Å². The molecule has 2 aliphatic rings. The first-order valence-corrected chi connectivity index (χ1v) is 7.13. The van der Waals surface area contributed by atoms with Gasteiger partial charge in [0.05, 0.1) is 11.4 Å². The van der Waals surface area contributed by atoms with E-state index in [4.69, 9.17) is 0 Å². The van der Waals surface area contributed by atoms with Crippen LogP contribution in [0.4, 0.5) is 0 Å². The lowest BCUT2D eigenvalue weighted by Crippen LogP contribution is -2.07. The highest BCUT2D eigenvalue weighted by Crippen LogP contribution is 2.56. The smallest absolute Gasteiger partial charge is 0.0859 e. The lowest BCUT2D eigenvalue weighted by atomic mass is 10.0. The molecule has 3 heteroatoms. The summed E-state index contributed by atoms with van der Waals surface area (Å²) in [5.74, 6) is 3.82. The summed E-state index contributed by atoms with van der Waals surface area (Å²) < 4.78 is 2.10. The molecular weight excluding hydrogens is 210 g/mol. The van der Waals surface area contributed by atoms with Crippen LogP contribution in [0.1, 0.15) is 45.0 Å². The third-order valence-electron chi connectivity index (χ3n) is 4.81. The molecule has 1 aromatic rings. The number of aryl methyl sites for hydroxylation is 2. The van der Waals surface area contributed by atoms with E-state index in [1.807, 2.05) is 0 Å². The predicted octanol–water partition coefficient (Wildman–Crippen LogP) is 2.70. The zero-order valence-corrected chi connectivity index (χ0v) is 11.2. The van der Waals surface area contributed by atoms with Crippen LogP contribution in [0.15, 0.2) is 0 Å². The van der Waals surface area contributed by atoms with Crippen molar-refractivity contribution in [2.45, 2.75) is 53.0 Å². The molecule has 0 aliphatic heterocycles. The third-order valence-corrected chi connectivity index (χ3v) is 4.81. The van der Waals surface area contributed by atoms with Crippen LogP contribution in [0, 0.1) is 23.7 Å². The van der Waals surface area contributed by atoms with Gasteiger partial charge in [-0.25, -0.2) is 4.68 Å². The number of fused-ring (bicyclic) bond motifs is 2. The molecule has 1 saturated carbocycles. The highest BCUT2D eigenvalue weighted by molar-refractivity contribution is 5.15. The fraction of sp³-hybridized carbons (Fsp3) is 0.857. The molecule has 0 spiro atoms. The van der Waals surface area contributed by atoms with Crippen molar-refractivity contribution in [3.8, 4) is 0 Å². The van der Waals surface area contributed by atoms with Crippen molar-refractivity contribution in [2.24, 2.45) is 23.7 Å². The van der Waals surface area contributed by atoms with Gasteiger partial charge in [-0.1, -0.05) is 19.1 Å². The summed E-state index contributed by atoms with van der Waals surface area (Å²) in [6.07, 6.45) is 5.04. The van der Waals surface area contributed by atoms with Crippen LogP contribution >= 0.6 is 0 Å². The first-order chi connectivity index (χ1) is 8.22. The molecule has 0 bridgehead atoms. The molecule has 0 saturated heterocycles. The maximum absolute atomic E-state index is 4.37. The van der Waals surface area contributed by atoms with Crippen molar-refractivity contribution in [2.75, 3.05) is 0 Å². The molecule has 17 heavy (non-hydrogen) atoms. The van der Waals surface area contributed by atoms with Gasteiger partial charge < -0.3 is 0 Å². The van der Waals surface area contributed by atoms with Gasteiger partial charge in [-0.15, -0.1) is 5.10 Å². The van der Waals surface area contributed by atoms with Crippen LogP contribution < -0.4 is 0 Å². The molecule has 0 aromatic carbocycles. The summed E-state index contributed by atoms with van der Waals surface area (Å²) in [4.78, 5) is 0. The van der Waals surface area contributed by atoms with E-state index in [1.54, 1.807) is 0 Å². The third kappa shape index (κ3) is 1.80. The van der Waals surface area contributed by atoms with Gasteiger partial charge in [0, 0.05) is 6.54 Å². The maximum Gasteiger partial charge on any atom is 0.0859 e. The quantitative estimate of drug-likeness (QED) is 0.786. The van der Waals surface area contributed by atoms with Crippen molar-refractivity contribution in [1.29, 1.82) is 0 Å². The molecule has 3 rings (SSSR count). The highest BCUT2D eigenvalue weighted by atomic mass is 15.4. The van der Waals surface area contributed by atoms with E-state index in [-0.39, 0.29) is 0 Å². The molecule has 1 aromatic heterocycles. The van der Waals surface area contributed by atoms with Crippen molar-refractivity contribution < 1.29 is 0 Å². The Kier molecular flexibility index (Phi) is 2.72. The zero-order valence-electron chi connectivity index (χ0n) is 11.2. The lowest BCUT2D eigenvalue weighted by molar-refractivity contribution is 0.488. The van der Waals surface area contributed by atoms with Crippen molar-refractivity contribution in [3.63, 3.8) is 0 Å². The van der Waals surface area contributed by atoms with Crippen molar-refractivity contribution in [3.05, 3.63) is 11.4 Å². The highest BCUT2D eigenvalue weighted by Gasteiger charge is 2.50. The Morgan fingerprint density at radius 1 is 1.24 bits per heavy atom. The van der Waals surface area contributed by atoms with E-state index in [2.05, 4.69) is 35.8 Å².